The molecule has 1 saturated heterocycles. The lowest BCUT2D eigenvalue weighted by molar-refractivity contribution is -0.384. The van der Waals surface area contributed by atoms with Gasteiger partial charge in [0.1, 0.15) is 5.76 Å². The first kappa shape index (κ1) is 22.7. The number of aryl methyl sites for hydroxylation is 1. The van der Waals surface area contributed by atoms with Crippen LogP contribution in [-0.2, 0) is 9.59 Å². The SMILES string of the molecule is Cc1cccc(C2/C(=C(/O)c3ccc([N+](=O)[O-])cc3)C(=O)C(=O)N2c2ccc(N(C)C)cc2)c1. The number of hydrogen-bond donors (Lipinski definition) is 1. The fourth-order valence-corrected chi connectivity index (χ4v) is 4.06. The smallest absolute Gasteiger partial charge is 0.300 e. The zero-order valence-electron chi connectivity index (χ0n) is 18.9. The molecule has 1 aliphatic heterocycles. The third-order valence-electron chi connectivity index (χ3n) is 5.80. The van der Waals surface area contributed by atoms with E-state index < -0.39 is 22.7 Å². The lowest BCUT2D eigenvalue weighted by atomic mass is 9.94. The molecule has 0 bridgehead atoms. The predicted octanol–water partition coefficient (Wildman–Crippen LogP) is 4.60. The number of hydrogen-bond acceptors (Lipinski definition) is 6. The maximum atomic E-state index is 13.2. The first-order valence-corrected chi connectivity index (χ1v) is 10.6. The molecule has 4 rings (SSSR count). The molecular weight excluding hydrogens is 434 g/mol. The van der Waals surface area contributed by atoms with Gasteiger partial charge >= 0.3 is 0 Å². The van der Waals surface area contributed by atoms with Crippen molar-refractivity contribution in [2.24, 2.45) is 0 Å². The number of aliphatic hydroxyl groups is 1. The molecule has 1 heterocycles. The van der Waals surface area contributed by atoms with E-state index in [0.29, 0.717) is 11.3 Å². The number of rotatable bonds is 5. The summed E-state index contributed by atoms with van der Waals surface area (Å²) in [5.41, 5.74) is 3.04. The van der Waals surface area contributed by atoms with Gasteiger partial charge in [-0.25, -0.2) is 0 Å². The van der Waals surface area contributed by atoms with Crippen LogP contribution >= 0.6 is 0 Å². The van der Waals surface area contributed by atoms with Gasteiger partial charge < -0.3 is 10.0 Å². The Morgan fingerprint density at radius 3 is 2.21 bits per heavy atom. The van der Waals surface area contributed by atoms with Crippen LogP contribution in [-0.4, -0.2) is 35.8 Å². The molecule has 3 aromatic carbocycles. The highest BCUT2D eigenvalue weighted by Crippen LogP contribution is 2.42. The Hall–Kier alpha value is -4.46. The Morgan fingerprint density at radius 2 is 1.65 bits per heavy atom. The number of anilines is 2. The number of nitro benzene ring substituents is 1. The highest BCUT2D eigenvalue weighted by Gasteiger charge is 2.47. The van der Waals surface area contributed by atoms with Crippen molar-refractivity contribution in [3.8, 4) is 0 Å². The van der Waals surface area contributed by atoms with E-state index in [-0.39, 0.29) is 22.6 Å². The summed E-state index contributed by atoms with van der Waals surface area (Å²) >= 11 is 0. The van der Waals surface area contributed by atoms with E-state index in [1.807, 2.05) is 56.3 Å². The lowest BCUT2D eigenvalue weighted by Crippen LogP contribution is -2.29. The van der Waals surface area contributed by atoms with Gasteiger partial charge in [0.05, 0.1) is 16.5 Å². The van der Waals surface area contributed by atoms with Crippen LogP contribution in [0.15, 0.2) is 78.4 Å². The van der Waals surface area contributed by atoms with Crippen LogP contribution in [0.4, 0.5) is 17.1 Å². The zero-order chi connectivity index (χ0) is 24.6. The largest absolute Gasteiger partial charge is 0.507 e. The standard InChI is InChI=1S/C26H23N3O5/c1-16-5-4-6-18(15-16)23-22(24(30)17-7-9-21(10-8-17)29(33)34)25(31)26(32)28(23)20-13-11-19(12-14-20)27(2)3/h4-15,23,30H,1-3H3/b24-22-. The molecular formula is C26H23N3O5. The van der Waals surface area contributed by atoms with Crippen LogP contribution in [0.25, 0.3) is 5.76 Å². The minimum absolute atomic E-state index is 0.0684. The number of carbonyl (C=O) groups excluding carboxylic acids is 2. The van der Waals surface area contributed by atoms with Gasteiger partial charge in [0.2, 0.25) is 0 Å². The van der Waals surface area contributed by atoms with E-state index in [4.69, 9.17) is 0 Å². The van der Waals surface area contributed by atoms with Crippen LogP contribution in [0.2, 0.25) is 0 Å². The first-order chi connectivity index (χ1) is 16.2. The third kappa shape index (κ3) is 4.01. The molecule has 1 amide bonds. The minimum Gasteiger partial charge on any atom is -0.507 e. The summed E-state index contributed by atoms with van der Waals surface area (Å²) in [6.07, 6.45) is 0. The van der Waals surface area contributed by atoms with E-state index in [9.17, 15) is 24.8 Å². The molecule has 0 aromatic heterocycles. The number of carbonyl (C=O) groups is 2. The number of benzene rings is 3. The molecule has 8 heteroatoms. The van der Waals surface area contributed by atoms with Crippen LogP contribution in [0.1, 0.15) is 22.7 Å². The van der Waals surface area contributed by atoms with Crippen molar-refractivity contribution in [2.75, 3.05) is 23.9 Å². The number of ketones is 1. The topological polar surface area (TPSA) is 104 Å². The summed E-state index contributed by atoms with van der Waals surface area (Å²) in [6.45, 7) is 1.90. The van der Waals surface area contributed by atoms with Crippen LogP contribution < -0.4 is 9.80 Å². The lowest BCUT2D eigenvalue weighted by Gasteiger charge is -2.26. The average molecular weight is 457 g/mol. The van der Waals surface area contributed by atoms with Crippen molar-refractivity contribution < 1.29 is 19.6 Å². The second-order valence-corrected chi connectivity index (χ2v) is 8.30. The van der Waals surface area contributed by atoms with Gasteiger partial charge in [-0.05, 0) is 48.9 Å². The molecule has 0 saturated carbocycles. The third-order valence-corrected chi connectivity index (χ3v) is 5.80. The van der Waals surface area contributed by atoms with Crippen molar-refractivity contribution in [1.29, 1.82) is 0 Å². The number of amides is 1. The molecule has 3 aromatic rings. The number of non-ortho nitro benzene ring substituents is 1. The fourth-order valence-electron chi connectivity index (χ4n) is 4.06. The normalized spacial score (nSPS) is 17.1. The van der Waals surface area contributed by atoms with E-state index in [2.05, 4.69) is 0 Å². The van der Waals surface area contributed by atoms with Crippen molar-refractivity contribution in [3.05, 3.63) is 105 Å². The summed E-state index contributed by atoms with van der Waals surface area (Å²) in [6, 6.07) is 18.9. The Kier molecular flexibility index (Phi) is 5.89. The predicted molar refractivity (Wildman–Crippen MR) is 130 cm³/mol. The maximum absolute atomic E-state index is 13.2. The molecule has 1 unspecified atom stereocenters. The molecule has 1 aliphatic rings. The average Bonchev–Trinajstić information content (AvgIpc) is 3.09. The summed E-state index contributed by atoms with van der Waals surface area (Å²) in [5, 5.41) is 22.1. The highest BCUT2D eigenvalue weighted by molar-refractivity contribution is 6.51. The van der Waals surface area contributed by atoms with Crippen LogP contribution in [0.3, 0.4) is 0 Å². The quantitative estimate of drug-likeness (QED) is 0.198. The molecule has 0 aliphatic carbocycles. The van der Waals surface area contributed by atoms with Crippen molar-refractivity contribution in [1.82, 2.24) is 0 Å². The van der Waals surface area contributed by atoms with E-state index >= 15 is 0 Å². The molecule has 1 fully saturated rings. The Bertz CT molecular complexity index is 1310. The molecule has 0 spiro atoms. The van der Waals surface area contributed by atoms with E-state index in [0.717, 1.165) is 11.3 Å². The first-order valence-electron chi connectivity index (χ1n) is 10.6. The van der Waals surface area contributed by atoms with Gasteiger partial charge in [0, 0.05) is 43.2 Å². The van der Waals surface area contributed by atoms with Crippen molar-refractivity contribution in [2.45, 2.75) is 13.0 Å². The number of aliphatic hydroxyl groups excluding tert-OH is 1. The van der Waals surface area contributed by atoms with Crippen LogP contribution in [0.5, 0.6) is 0 Å². The molecule has 1 atom stereocenters. The van der Waals surface area contributed by atoms with Gasteiger partial charge in [-0.3, -0.25) is 24.6 Å². The summed E-state index contributed by atoms with van der Waals surface area (Å²) in [5.74, 6) is -1.96. The second-order valence-electron chi connectivity index (χ2n) is 8.30. The van der Waals surface area contributed by atoms with Gasteiger partial charge in [0.25, 0.3) is 17.4 Å². The van der Waals surface area contributed by atoms with Gasteiger partial charge in [-0.1, -0.05) is 29.8 Å². The number of Topliss-reactive ketones (excluding diaryl/α,β-unsaturated/α-hetero) is 1. The van der Waals surface area contributed by atoms with Gasteiger partial charge in [-0.15, -0.1) is 0 Å². The van der Waals surface area contributed by atoms with Crippen LogP contribution in [0, 0.1) is 17.0 Å². The maximum Gasteiger partial charge on any atom is 0.300 e. The molecule has 34 heavy (non-hydrogen) atoms. The highest BCUT2D eigenvalue weighted by atomic mass is 16.6. The van der Waals surface area contributed by atoms with E-state index in [1.165, 1.54) is 29.2 Å². The Balaban J connectivity index is 1.89. The molecule has 0 radical (unpaired) electrons. The molecule has 172 valence electrons. The zero-order valence-corrected chi connectivity index (χ0v) is 18.9. The summed E-state index contributed by atoms with van der Waals surface area (Å²) in [7, 11) is 3.80. The Morgan fingerprint density at radius 1 is 1.00 bits per heavy atom. The number of nitrogens with zero attached hydrogens (tertiary/aromatic N) is 3. The Labute approximate surface area is 196 Å². The molecule has 1 N–H and O–H groups in total. The second kappa shape index (κ2) is 8.82. The van der Waals surface area contributed by atoms with E-state index in [1.54, 1.807) is 18.2 Å². The minimum atomic E-state index is -0.861. The van der Waals surface area contributed by atoms with Gasteiger partial charge in [0.15, 0.2) is 0 Å². The fraction of sp³-hybridized carbons (Fsp3) is 0.154. The van der Waals surface area contributed by atoms with Crippen molar-refractivity contribution >= 4 is 34.5 Å². The summed E-state index contributed by atoms with van der Waals surface area (Å²) in [4.78, 5) is 40.2. The monoisotopic (exact) mass is 457 g/mol. The summed E-state index contributed by atoms with van der Waals surface area (Å²) < 4.78 is 0. The van der Waals surface area contributed by atoms with Crippen molar-refractivity contribution in [3.63, 3.8) is 0 Å². The number of nitro groups is 1. The van der Waals surface area contributed by atoms with Gasteiger partial charge in [-0.2, -0.15) is 0 Å². The molecule has 8 nitrogen and oxygen atoms in total.